The molecule has 1 heterocycles. The highest BCUT2D eigenvalue weighted by Gasteiger charge is 2.14. The van der Waals surface area contributed by atoms with Crippen LogP contribution in [-0.2, 0) is 16.0 Å². The van der Waals surface area contributed by atoms with Crippen LogP contribution in [0.3, 0.4) is 0 Å². The van der Waals surface area contributed by atoms with Gasteiger partial charge in [0.05, 0.1) is 13.2 Å². The van der Waals surface area contributed by atoms with Crippen LogP contribution in [0.2, 0.25) is 0 Å². The molecule has 6 heteroatoms. The summed E-state index contributed by atoms with van der Waals surface area (Å²) in [5.41, 5.74) is 1.24. The van der Waals surface area contributed by atoms with Gasteiger partial charge < -0.3 is 20.1 Å². The molecule has 1 amide bonds. The van der Waals surface area contributed by atoms with Gasteiger partial charge in [-0.3, -0.25) is 4.79 Å². The van der Waals surface area contributed by atoms with E-state index in [0.717, 1.165) is 51.1 Å². The zero-order chi connectivity index (χ0) is 16.3. The molecule has 1 aromatic carbocycles. The van der Waals surface area contributed by atoms with E-state index in [1.807, 2.05) is 12.1 Å². The van der Waals surface area contributed by atoms with Crippen molar-refractivity contribution < 1.29 is 14.3 Å². The number of piperidine rings is 1. The van der Waals surface area contributed by atoms with E-state index >= 15 is 0 Å². The smallest absolute Gasteiger partial charge is 0.220 e. The van der Waals surface area contributed by atoms with Gasteiger partial charge in [0.1, 0.15) is 5.75 Å². The van der Waals surface area contributed by atoms with Crippen LogP contribution >= 0.6 is 12.4 Å². The zero-order valence-corrected chi connectivity index (χ0v) is 15.2. The number of nitrogens with one attached hydrogen (secondary N) is 2. The molecule has 1 aromatic rings. The first kappa shape index (κ1) is 20.7. The summed E-state index contributed by atoms with van der Waals surface area (Å²) in [4.78, 5) is 11.9. The minimum atomic E-state index is 0. The first-order valence-corrected chi connectivity index (χ1v) is 8.48. The van der Waals surface area contributed by atoms with Crippen LogP contribution in [-0.4, -0.2) is 45.4 Å². The average molecular weight is 357 g/mol. The van der Waals surface area contributed by atoms with Crippen molar-refractivity contribution in [3.63, 3.8) is 0 Å². The van der Waals surface area contributed by atoms with E-state index in [-0.39, 0.29) is 24.4 Å². The van der Waals surface area contributed by atoms with Crippen LogP contribution < -0.4 is 15.4 Å². The Morgan fingerprint density at radius 2 is 2.08 bits per heavy atom. The van der Waals surface area contributed by atoms with E-state index in [2.05, 4.69) is 22.8 Å². The van der Waals surface area contributed by atoms with Gasteiger partial charge in [-0.15, -0.1) is 12.4 Å². The van der Waals surface area contributed by atoms with E-state index in [0.29, 0.717) is 13.0 Å². The van der Waals surface area contributed by atoms with Gasteiger partial charge in [0.15, 0.2) is 0 Å². The van der Waals surface area contributed by atoms with Gasteiger partial charge in [-0.1, -0.05) is 12.1 Å². The summed E-state index contributed by atoms with van der Waals surface area (Å²) in [6.07, 6.45) is 4.37. The Labute approximate surface area is 150 Å². The van der Waals surface area contributed by atoms with Crippen molar-refractivity contribution in [1.29, 1.82) is 0 Å². The van der Waals surface area contributed by atoms with Crippen LogP contribution in [0.5, 0.6) is 5.75 Å². The minimum absolute atomic E-state index is 0. The number of rotatable bonds is 9. The summed E-state index contributed by atoms with van der Waals surface area (Å²) >= 11 is 0. The monoisotopic (exact) mass is 356 g/mol. The second-order valence-corrected chi connectivity index (χ2v) is 5.95. The Morgan fingerprint density at radius 3 is 2.75 bits per heavy atom. The number of carbonyl (C=O) groups excluding carboxylic acids is 1. The molecule has 1 aliphatic heterocycles. The fraction of sp³-hybridized carbons (Fsp3) is 0.611. The summed E-state index contributed by atoms with van der Waals surface area (Å²) in [6.45, 7) is 3.24. The molecule has 2 N–H and O–H groups in total. The molecule has 0 aromatic heterocycles. The molecule has 1 saturated heterocycles. The number of halogens is 1. The van der Waals surface area contributed by atoms with E-state index in [4.69, 9.17) is 9.47 Å². The highest BCUT2D eigenvalue weighted by Crippen LogP contribution is 2.13. The van der Waals surface area contributed by atoms with Crippen molar-refractivity contribution in [1.82, 2.24) is 10.6 Å². The van der Waals surface area contributed by atoms with Crippen molar-refractivity contribution in [2.75, 3.05) is 33.4 Å². The Bertz CT molecular complexity index is 462. The first-order valence-electron chi connectivity index (χ1n) is 8.48. The number of methoxy groups -OCH3 is 1. The van der Waals surface area contributed by atoms with Crippen LogP contribution in [0, 0.1) is 0 Å². The Morgan fingerprint density at radius 1 is 1.29 bits per heavy atom. The Balaban J connectivity index is 0.00000288. The van der Waals surface area contributed by atoms with E-state index < -0.39 is 0 Å². The molecule has 0 bridgehead atoms. The summed E-state index contributed by atoms with van der Waals surface area (Å²) in [5, 5.41) is 6.37. The third-order valence-electron chi connectivity index (χ3n) is 4.00. The molecule has 0 spiro atoms. The van der Waals surface area contributed by atoms with Crippen molar-refractivity contribution in [3.05, 3.63) is 29.8 Å². The minimum Gasteiger partial charge on any atom is -0.494 e. The van der Waals surface area contributed by atoms with Crippen LogP contribution in [0.1, 0.15) is 31.2 Å². The van der Waals surface area contributed by atoms with E-state index in [1.165, 1.54) is 5.56 Å². The largest absolute Gasteiger partial charge is 0.494 e. The standard InChI is InChI=1S/C18H28N2O3.ClH/c1-22-13-10-15-6-8-17(9-7-15)23-12-3-5-18(21)20-16-4-2-11-19-14-16;/h6-9,16,19H,2-5,10-14H2,1H3,(H,20,21);1H. The molecule has 1 aliphatic rings. The molecule has 24 heavy (non-hydrogen) atoms. The number of hydrogen-bond donors (Lipinski definition) is 2. The highest BCUT2D eigenvalue weighted by atomic mass is 35.5. The molecule has 0 radical (unpaired) electrons. The molecular formula is C18H29ClN2O3. The topological polar surface area (TPSA) is 59.6 Å². The number of amides is 1. The number of hydrogen-bond acceptors (Lipinski definition) is 4. The molecule has 2 rings (SSSR count). The van der Waals surface area contributed by atoms with Gasteiger partial charge in [-0.25, -0.2) is 0 Å². The van der Waals surface area contributed by atoms with Gasteiger partial charge in [-0.05, 0) is 49.9 Å². The second-order valence-electron chi connectivity index (χ2n) is 5.95. The van der Waals surface area contributed by atoms with Gasteiger partial charge in [0.25, 0.3) is 0 Å². The van der Waals surface area contributed by atoms with Gasteiger partial charge in [-0.2, -0.15) is 0 Å². The quantitative estimate of drug-likeness (QED) is 0.667. The van der Waals surface area contributed by atoms with E-state index in [1.54, 1.807) is 7.11 Å². The predicted octanol–water partition coefficient (Wildman–Crippen LogP) is 2.32. The lowest BCUT2D eigenvalue weighted by Crippen LogP contribution is -2.45. The molecule has 1 atom stereocenters. The summed E-state index contributed by atoms with van der Waals surface area (Å²) in [6, 6.07) is 8.34. The normalized spacial score (nSPS) is 17.0. The first-order chi connectivity index (χ1) is 11.3. The van der Waals surface area contributed by atoms with Crippen molar-refractivity contribution in [2.45, 2.75) is 38.1 Å². The van der Waals surface area contributed by atoms with Crippen molar-refractivity contribution in [3.8, 4) is 5.75 Å². The molecular weight excluding hydrogens is 328 g/mol. The van der Waals surface area contributed by atoms with Crippen LogP contribution in [0.4, 0.5) is 0 Å². The summed E-state index contributed by atoms with van der Waals surface area (Å²) < 4.78 is 10.7. The lowest BCUT2D eigenvalue weighted by molar-refractivity contribution is -0.122. The van der Waals surface area contributed by atoms with Gasteiger partial charge in [0.2, 0.25) is 5.91 Å². The maximum absolute atomic E-state index is 11.9. The third kappa shape index (κ3) is 7.99. The molecule has 0 saturated carbocycles. The van der Waals surface area contributed by atoms with Crippen LogP contribution in [0.15, 0.2) is 24.3 Å². The maximum atomic E-state index is 11.9. The van der Waals surface area contributed by atoms with Gasteiger partial charge in [0, 0.05) is 26.1 Å². The van der Waals surface area contributed by atoms with Crippen molar-refractivity contribution >= 4 is 18.3 Å². The van der Waals surface area contributed by atoms with Crippen molar-refractivity contribution in [2.24, 2.45) is 0 Å². The number of carbonyl (C=O) groups is 1. The fourth-order valence-corrected chi connectivity index (χ4v) is 2.67. The van der Waals surface area contributed by atoms with Crippen LogP contribution in [0.25, 0.3) is 0 Å². The van der Waals surface area contributed by atoms with Gasteiger partial charge >= 0.3 is 0 Å². The predicted molar refractivity (Wildman–Crippen MR) is 98.0 cm³/mol. The van der Waals surface area contributed by atoms with E-state index in [9.17, 15) is 4.79 Å². The molecule has 1 unspecified atom stereocenters. The second kappa shape index (κ2) is 12.1. The highest BCUT2D eigenvalue weighted by molar-refractivity contribution is 5.85. The molecule has 0 aliphatic carbocycles. The lowest BCUT2D eigenvalue weighted by atomic mass is 10.1. The summed E-state index contributed by atoms with van der Waals surface area (Å²) in [5.74, 6) is 0.972. The third-order valence-corrected chi connectivity index (χ3v) is 4.00. The number of benzene rings is 1. The fourth-order valence-electron chi connectivity index (χ4n) is 2.67. The molecule has 136 valence electrons. The summed E-state index contributed by atoms with van der Waals surface area (Å²) in [7, 11) is 1.71. The SMILES string of the molecule is COCCc1ccc(OCCCC(=O)NC2CCCNC2)cc1.Cl. The molecule has 1 fully saturated rings. The maximum Gasteiger partial charge on any atom is 0.220 e. The zero-order valence-electron chi connectivity index (χ0n) is 14.4. The number of ether oxygens (including phenoxy) is 2. The Hall–Kier alpha value is -1.30. The molecule has 5 nitrogen and oxygen atoms in total. The lowest BCUT2D eigenvalue weighted by Gasteiger charge is -2.23. The Kier molecular flexibility index (Phi) is 10.5. The average Bonchev–Trinajstić information content (AvgIpc) is 2.59.